The summed E-state index contributed by atoms with van der Waals surface area (Å²) in [4.78, 5) is 17.0. The number of carbonyl (C=O) groups is 1. The maximum Gasteiger partial charge on any atom is 0.238 e. The van der Waals surface area contributed by atoms with Crippen molar-refractivity contribution in [3.63, 3.8) is 0 Å². The van der Waals surface area contributed by atoms with E-state index in [1.807, 2.05) is 31.2 Å². The van der Waals surface area contributed by atoms with Crippen LogP contribution in [-0.2, 0) is 4.79 Å². The van der Waals surface area contributed by atoms with Gasteiger partial charge in [0.1, 0.15) is 0 Å². The summed E-state index contributed by atoms with van der Waals surface area (Å²) in [5.74, 6) is 0.0848. The molecule has 1 amide bonds. The molecular formula is C17H27ClN4O. The lowest BCUT2D eigenvalue weighted by Crippen LogP contribution is -2.52. The molecule has 1 aromatic carbocycles. The SMILES string of the molecule is Cc1cccc(NC(=O)CN2CCN(C3CCNC3)CC2)c1.Cl. The first kappa shape index (κ1) is 18.2. The zero-order valence-electron chi connectivity index (χ0n) is 13.8. The molecule has 0 aromatic heterocycles. The number of nitrogens with one attached hydrogen (secondary N) is 2. The lowest BCUT2D eigenvalue weighted by atomic mass is 10.2. The normalized spacial score (nSPS) is 22.6. The molecule has 1 aromatic rings. The van der Waals surface area contributed by atoms with Gasteiger partial charge in [0.15, 0.2) is 0 Å². The van der Waals surface area contributed by atoms with Gasteiger partial charge in [-0.25, -0.2) is 0 Å². The van der Waals surface area contributed by atoms with Gasteiger partial charge in [-0.1, -0.05) is 12.1 Å². The van der Waals surface area contributed by atoms with Crippen molar-refractivity contribution in [3.8, 4) is 0 Å². The molecule has 5 nitrogen and oxygen atoms in total. The van der Waals surface area contributed by atoms with Crippen molar-refractivity contribution < 1.29 is 4.79 Å². The molecule has 0 saturated carbocycles. The molecule has 2 fully saturated rings. The van der Waals surface area contributed by atoms with Gasteiger partial charge < -0.3 is 10.6 Å². The fourth-order valence-corrected chi connectivity index (χ4v) is 3.36. The molecule has 0 spiro atoms. The highest BCUT2D eigenvalue weighted by Gasteiger charge is 2.26. The average Bonchev–Trinajstić information content (AvgIpc) is 3.02. The Bertz CT molecular complexity index is 511. The van der Waals surface area contributed by atoms with Gasteiger partial charge >= 0.3 is 0 Å². The highest BCUT2D eigenvalue weighted by molar-refractivity contribution is 5.92. The highest BCUT2D eigenvalue weighted by Crippen LogP contribution is 2.13. The number of hydrogen-bond acceptors (Lipinski definition) is 4. The summed E-state index contributed by atoms with van der Waals surface area (Å²) < 4.78 is 0. The fraction of sp³-hybridized carbons (Fsp3) is 0.588. The number of halogens is 1. The van der Waals surface area contributed by atoms with Crippen LogP contribution >= 0.6 is 12.4 Å². The van der Waals surface area contributed by atoms with Gasteiger partial charge in [-0.2, -0.15) is 0 Å². The zero-order valence-corrected chi connectivity index (χ0v) is 14.6. The first-order valence-corrected chi connectivity index (χ1v) is 8.24. The van der Waals surface area contributed by atoms with E-state index in [2.05, 4.69) is 20.4 Å². The van der Waals surface area contributed by atoms with E-state index in [1.54, 1.807) is 0 Å². The van der Waals surface area contributed by atoms with Crippen LogP contribution in [0.2, 0.25) is 0 Å². The van der Waals surface area contributed by atoms with Crippen molar-refractivity contribution in [3.05, 3.63) is 29.8 Å². The highest BCUT2D eigenvalue weighted by atomic mass is 35.5. The van der Waals surface area contributed by atoms with E-state index >= 15 is 0 Å². The number of hydrogen-bond donors (Lipinski definition) is 2. The maximum absolute atomic E-state index is 12.2. The second kappa shape index (κ2) is 8.64. The quantitative estimate of drug-likeness (QED) is 0.869. The van der Waals surface area contributed by atoms with Crippen molar-refractivity contribution in [1.29, 1.82) is 0 Å². The van der Waals surface area contributed by atoms with Gasteiger partial charge in [-0.15, -0.1) is 12.4 Å². The first-order chi connectivity index (χ1) is 10.7. The number of aryl methyl sites for hydroxylation is 1. The number of nitrogens with zero attached hydrogens (tertiary/aromatic N) is 2. The Kier molecular flexibility index (Phi) is 6.84. The van der Waals surface area contributed by atoms with Crippen molar-refractivity contribution in [2.45, 2.75) is 19.4 Å². The molecule has 23 heavy (non-hydrogen) atoms. The minimum Gasteiger partial charge on any atom is -0.325 e. The number of carbonyl (C=O) groups excluding carboxylic acids is 1. The van der Waals surface area contributed by atoms with Gasteiger partial charge in [-0.05, 0) is 37.6 Å². The lowest BCUT2D eigenvalue weighted by molar-refractivity contribution is -0.117. The molecule has 2 aliphatic rings. The van der Waals surface area contributed by atoms with Crippen LogP contribution in [0.25, 0.3) is 0 Å². The first-order valence-electron chi connectivity index (χ1n) is 8.24. The van der Waals surface area contributed by atoms with Crippen LogP contribution in [0, 0.1) is 6.92 Å². The molecule has 0 aliphatic carbocycles. The van der Waals surface area contributed by atoms with Crippen molar-refractivity contribution in [2.75, 3.05) is 51.1 Å². The van der Waals surface area contributed by atoms with Crippen LogP contribution in [0.3, 0.4) is 0 Å². The minimum absolute atomic E-state index is 0. The summed E-state index contributed by atoms with van der Waals surface area (Å²) in [6, 6.07) is 8.65. The smallest absolute Gasteiger partial charge is 0.238 e. The third-order valence-electron chi connectivity index (χ3n) is 4.63. The summed E-state index contributed by atoms with van der Waals surface area (Å²) in [6.07, 6.45) is 1.26. The van der Waals surface area contributed by atoms with Crippen LogP contribution in [-0.4, -0.2) is 67.6 Å². The topological polar surface area (TPSA) is 47.6 Å². The Morgan fingerprint density at radius 2 is 2.09 bits per heavy atom. The third-order valence-corrected chi connectivity index (χ3v) is 4.63. The van der Waals surface area contributed by atoms with Gasteiger partial charge in [0.2, 0.25) is 5.91 Å². The second-order valence-corrected chi connectivity index (χ2v) is 6.38. The van der Waals surface area contributed by atoms with E-state index in [4.69, 9.17) is 0 Å². The molecule has 3 rings (SSSR count). The Hall–Kier alpha value is -1.14. The molecule has 0 radical (unpaired) electrons. The summed E-state index contributed by atoms with van der Waals surface area (Å²) in [6.45, 7) is 8.90. The molecule has 2 saturated heterocycles. The van der Waals surface area contributed by atoms with Gasteiger partial charge in [0.05, 0.1) is 6.54 Å². The molecule has 6 heteroatoms. The van der Waals surface area contributed by atoms with Crippen molar-refractivity contribution in [2.24, 2.45) is 0 Å². The molecule has 2 N–H and O–H groups in total. The summed E-state index contributed by atoms with van der Waals surface area (Å²) >= 11 is 0. The number of rotatable bonds is 4. The van der Waals surface area contributed by atoms with Gasteiger partial charge in [0.25, 0.3) is 0 Å². The number of piperazine rings is 1. The van der Waals surface area contributed by atoms with E-state index in [1.165, 1.54) is 6.42 Å². The average molecular weight is 339 g/mol. The predicted molar refractivity (Wildman–Crippen MR) is 96.3 cm³/mol. The zero-order chi connectivity index (χ0) is 15.4. The standard InChI is InChI=1S/C17H26N4O.ClH/c1-14-3-2-4-15(11-14)19-17(22)13-20-7-9-21(10-8-20)16-5-6-18-12-16;/h2-4,11,16,18H,5-10,12-13H2,1H3,(H,19,22);1H. The van der Waals surface area contributed by atoms with Gasteiger partial charge in [0, 0.05) is 44.5 Å². The number of amides is 1. The van der Waals surface area contributed by atoms with Crippen LogP contribution < -0.4 is 10.6 Å². The van der Waals surface area contributed by atoms with E-state index < -0.39 is 0 Å². The van der Waals surface area contributed by atoms with Crippen LogP contribution in [0.5, 0.6) is 0 Å². The van der Waals surface area contributed by atoms with E-state index in [9.17, 15) is 4.79 Å². The molecule has 1 unspecified atom stereocenters. The maximum atomic E-state index is 12.2. The van der Waals surface area contributed by atoms with Crippen molar-refractivity contribution in [1.82, 2.24) is 15.1 Å². The minimum atomic E-state index is 0. The molecule has 2 heterocycles. The van der Waals surface area contributed by atoms with Crippen LogP contribution in [0.15, 0.2) is 24.3 Å². The van der Waals surface area contributed by atoms with Crippen LogP contribution in [0.4, 0.5) is 5.69 Å². The van der Waals surface area contributed by atoms with E-state index in [0.29, 0.717) is 12.6 Å². The Morgan fingerprint density at radius 1 is 1.30 bits per heavy atom. The lowest BCUT2D eigenvalue weighted by Gasteiger charge is -2.37. The van der Waals surface area contributed by atoms with Gasteiger partial charge in [-0.3, -0.25) is 14.6 Å². The number of benzene rings is 1. The largest absolute Gasteiger partial charge is 0.325 e. The fourth-order valence-electron chi connectivity index (χ4n) is 3.36. The Morgan fingerprint density at radius 3 is 2.74 bits per heavy atom. The Labute approximate surface area is 144 Å². The summed E-state index contributed by atoms with van der Waals surface area (Å²) in [5, 5.41) is 6.42. The predicted octanol–water partition coefficient (Wildman–Crippen LogP) is 1.33. The monoisotopic (exact) mass is 338 g/mol. The van der Waals surface area contributed by atoms with Crippen LogP contribution in [0.1, 0.15) is 12.0 Å². The summed E-state index contributed by atoms with van der Waals surface area (Å²) in [7, 11) is 0. The molecule has 1 atom stereocenters. The van der Waals surface area contributed by atoms with E-state index in [-0.39, 0.29) is 18.3 Å². The molecule has 2 aliphatic heterocycles. The molecular weight excluding hydrogens is 312 g/mol. The Balaban J connectivity index is 0.00000192. The molecule has 128 valence electrons. The third kappa shape index (κ3) is 5.18. The van der Waals surface area contributed by atoms with E-state index in [0.717, 1.165) is 50.5 Å². The summed E-state index contributed by atoms with van der Waals surface area (Å²) in [5.41, 5.74) is 2.05. The molecule has 0 bridgehead atoms. The second-order valence-electron chi connectivity index (χ2n) is 6.38. The van der Waals surface area contributed by atoms with Crippen molar-refractivity contribution >= 4 is 24.0 Å². The number of anilines is 1.